The molecule has 0 amide bonds. The van der Waals surface area contributed by atoms with E-state index in [4.69, 9.17) is 19.3 Å². The van der Waals surface area contributed by atoms with Crippen molar-refractivity contribution in [1.29, 1.82) is 0 Å². The molecule has 2 heterocycles. The summed E-state index contributed by atoms with van der Waals surface area (Å²) in [6, 6.07) is 19.4. The van der Waals surface area contributed by atoms with Crippen molar-refractivity contribution < 1.29 is 19.3 Å². The quantitative estimate of drug-likeness (QED) is 0.651. The van der Waals surface area contributed by atoms with Gasteiger partial charge in [-0.3, -0.25) is 0 Å². The van der Waals surface area contributed by atoms with Gasteiger partial charge in [-0.1, -0.05) is 29.8 Å². The van der Waals surface area contributed by atoms with E-state index in [0.29, 0.717) is 17.9 Å². The molecule has 1 N–H and O–H groups in total. The Hall–Kier alpha value is -3.67. The van der Waals surface area contributed by atoms with Crippen molar-refractivity contribution in [3.8, 4) is 23.0 Å². The third-order valence-corrected chi connectivity index (χ3v) is 5.85. The van der Waals surface area contributed by atoms with Gasteiger partial charge in [0.05, 0.1) is 26.0 Å². The Balaban J connectivity index is 1.61. The maximum absolute atomic E-state index is 10.5. The number of phenolic OH excluding ortho intramolecular Hbond substituents is 1. The van der Waals surface area contributed by atoms with Crippen LogP contribution in [0.2, 0.25) is 0 Å². The zero-order chi connectivity index (χ0) is 21.5. The number of ether oxygens (including phenoxy) is 3. The molecule has 2 aliphatic heterocycles. The Bertz CT molecular complexity index is 1170. The maximum atomic E-state index is 10.5. The van der Waals surface area contributed by atoms with Gasteiger partial charge in [0.15, 0.2) is 11.5 Å². The van der Waals surface area contributed by atoms with Crippen LogP contribution in [0, 0.1) is 6.92 Å². The third-order valence-electron chi connectivity index (χ3n) is 5.85. The molecule has 0 aromatic heterocycles. The molecule has 2 aliphatic rings. The first-order valence-corrected chi connectivity index (χ1v) is 10.2. The standard InChI is InChI=1S/C25H24N2O4/c1-15-8-10-21(28)18(12-15)19-14-20-17-6-4-5-7-22(17)31-25(27(20)26-19)16-9-11-23(29-2)24(13-16)30-3/h4-13,20,25,28H,14H2,1-3H3/t20-,25+/m0/s1. The fourth-order valence-electron chi connectivity index (χ4n) is 4.30. The highest BCUT2D eigenvalue weighted by atomic mass is 16.5. The van der Waals surface area contributed by atoms with Crippen LogP contribution in [0.15, 0.2) is 65.8 Å². The van der Waals surface area contributed by atoms with Gasteiger partial charge in [0.2, 0.25) is 6.23 Å². The van der Waals surface area contributed by atoms with Crippen molar-refractivity contribution in [1.82, 2.24) is 5.01 Å². The Kier molecular flexibility index (Phi) is 4.70. The van der Waals surface area contributed by atoms with E-state index in [-0.39, 0.29) is 11.8 Å². The summed E-state index contributed by atoms with van der Waals surface area (Å²) < 4.78 is 17.3. The molecule has 2 atom stereocenters. The fourth-order valence-corrected chi connectivity index (χ4v) is 4.30. The van der Waals surface area contributed by atoms with Crippen LogP contribution in [-0.4, -0.2) is 30.0 Å². The SMILES string of the molecule is COc1ccc([C@H]2Oc3ccccc3[C@@H]3CC(c4cc(C)ccc4O)=NN23)cc1OC. The Labute approximate surface area is 181 Å². The summed E-state index contributed by atoms with van der Waals surface area (Å²) in [6.45, 7) is 2.01. The second kappa shape index (κ2) is 7.54. The van der Waals surface area contributed by atoms with Crippen molar-refractivity contribution in [2.75, 3.05) is 14.2 Å². The van der Waals surface area contributed by atoms with Gasteiger partial charge in [0, 0.05) is 23.1 Å². The van der Waals surface area contributed by atoms with Gasteiger partial charge in [-0.2, -0.15) is 5.10 Å². The van der Waals surface area contributed by atoms with E-state index in [0.717, 1.165) is 33.7 Å². The molecule has 0 unspecified atom stereocenters. The Morgan fingerprint density at radius 2 is 1.81 bits per heavy atom. The molecule has 0 saturated heterocycles. The molecule has 6 heteroatoms. The van der Waals surface area contributed by atoms with E-state index in [2.05, 4.69) is 6.07 Å². The molecular formula is C25H24N2O4. The number of hydrazone groups is 1. The largest absolute Gasteiger partial charge is 0.507 e. The first kappa shape index (κ1) is 19.3. The zero-order valence-corrected chi connectivity index (χ0v) is 17.7. The molecule has 31 heavy (non-hydrogen) atoms. The maximum Gasteiger partial charge on any atom is 0.214 e. The predicted octanol–water partition coefficient (Wildman–Crippen LogP) is 4.96. The summed E-state index contributed by atoms with van der Waals surface area (Å²) in [5.41, 5.74) is 4.68. The van der Waals surface area contributed by atoms with Crippen molar-refractivity contribution >= 4 is 5.71 Å². The molecular weight excluding hydrogens is 392 g/mol. The smallest absolute Gasteiger partial charge is 0.214 e. The summed E-state index contributed by atoms with van der Waals surface area (Å²) in [5, 5.41) is 17.4. The molecule has 3 aromatic rings. The van der Waals surface area contributed by atoms with Gasteiger partial charge >= 0.3 is 0 Å². The Morgan fingerprint density at radius 3 is 2.61 bits per heavy atom. The summed E-state index contributed by atoms with van der Waals surface area (Å²) in [4.78, 5) is 0. The number of hydrogen-bond acceptors (Lipinski definition) is 6. The first-order valence-electron chi connectivity index (χ1n) is 10.2. The van der Waals surface area contributed by atoms with Crippen LogP contribution < -0.4 is 14.2 Å². The number of methoxy groups -OCH3 is 2. The average molecular weight is 416 g/mol. The molecule has 3 aromatic carbocycles. The minimum Gasteiger partial charge on any atom is -0.507 e. The molecule has 0 saturated carbocycles. The number of phenols is 1. The van der Waals surface area contributed by atoms with Crippen LogP contribution in [0.3, 0.4) is 0 Å². The monoisotopic (exact) mass is 416 g/mol. The van der Waals surface area contributed by atoms with Gasteiger partial charge < -0.3 is 19.3 Å². The Morgan fingerprint density at radius 1 is 1.00 bits per heavy atom. The lowest BCUT2D eigenvalue weighted by molar-refractivity contribution is -0.0191. The lowest BCUT2D eigenvalue weighted by Crippen LogP contribution is -2.33. The van der Waals surface area contributed by atoms with Crippen LogP contribution in [0.4, 0.5) is 0 Å². The zero-order valence-electron chi connectivity index (χ0n) is 17.7. The van der Waals surface area contributed by atoms with Gasteiger partial charge in [0.1, 0.15) is 11.5 Å². The minimum absolute atomic E-state index is 0.0120. The van der Waals surface area contributed by atoms with Crippen molar-refractivity contribution in [2.24, 2.45) is 5.10 Å². The normalized spacial score (nSPS) is 19.2. The van der Waals surface area contributed by atoms with E-state index in [1.807, 2.05) is 60.5 Å². The summed E-state index contributed by atoms with van der Waals surface area (Å²) >= 11 is 0. The molecule has 0 aliphatic carbocycles. The number of hydrogen-bond donors (Lipinski definition) is 1. The van der Waals surface area contributed by atoms with Crippen molar-refractivity contribution in [3.05, 3.63) is 82.9 Å². The lowest BCUT2D eigenvalue weighted by Gasteiger charge is -2.38. The number of fused-ring (bicyclic) bond motifs is 3. The van der Waals surface area contributed by atoms with Crippen LogP contribution >= 0.6 is 0 Å². The van der Waals surface area contributed by atoms with Crippen LogP contribution in [-0.2, 0) is 0 Å². The number of nitrogens with zero attached hydrogens (tertiary/aromatic N) is 2. The number of aromatic hydroxyl groups is 1. The highest BCUT2D eigenvalue weighted by molar-refractivity contribution is 6.04. The lowest BCUT2D eigenvalue weighted by atomic mass is 9.95. The van der Waals surface area contributed by atoms with Gasteiger partial charge in [0.25, 0.3) is 0 Å². The second-order valence-corrected chi connectivity index (χ2v) is 7.79. The van der Waals surface area contributed by atoms with Gasteiger partial charge in [-0.15, -0.1) is 0 Å². The number of para-hydroxylation sites is 1. The van der Waals surface area contributed by atoms with E-state index < -0.39 is 6.23 Å². The van der Waals surface area contributed by atoms with Gasteiger partial charge in [-0.25, -0.2) is 5.01 Å². The van der Waals surface area contributed by atoms with E-state index >= 15 is 0 Å². The van der Waals surface area contributed by atoms with Crippen LogP contribution in [0.5, 0.6) is 23.0 Å². The minimum atomic E-state index is -0.427. The topological polar surface area (TPSA) is 63.5 Å². The summed E-state index contributed by atoms with van der Waals surface area (Å²) in [5.74, 6) is 2.38. The summed E-state index contributed by atoms with van der Waals surface area (Å²) in [6.07, 6.45) is 0.255. The molecule has 5 rings (SSSR count). The molecule has 0 fully saturated rings. The summed E-state index contributed by atoms with van der Waals surface area (Å²) in [7, 11) is 3.24. The fraction of sp³-hybridized carbons (Fsp3) is 0.240. The molecule has 0 radical (unpaired) electrons. The third kappa shape index (κ3) is 3.24. The van der Waals surface area contributed by atoms with E-state index in [9.17, 15) is 5.11 Å². The van der Waals surface area contributed by atoms with Crippen LogP contribution in [0.1, 0.15) is 40.9 Å². The predicted molar refractivity (Wildman–Crippen MR) is 118 cm³/mol. The number of aryl methyl sites for hydroxylation is 1. The van der Waals surface area contributed by atoms with Crippen molar-refractivity contribution in [3.63, 3.8) is 0 Å². The van der Waals surface area contributed by atoms with E-state index in [1.54, 1.807) is 20.3 Å². The highest BCUT2D eigenvalue weighted by Crippen LogP contribution is 2.48. The van der Waals surface area contributed by atoms with Gasteiger partial charge in [-0.05, 0) is 43.3 Å². The molecule has 158 valence electrons. The number of rotatable bonds is 4. The average Bonchev–Trinajstić information content (AvgIpc) is 3.25. The number of benzene rings is 3. The second-order valence-electron chi connectivity index (χ2n) is 7.79. The van der Waals surface area contributed by atoms with Crippen molar-refractivity contribution in [2.45, 2.75) is 25.6 Å². The van der Waals surface area contributed by atoms with Crippen LogP contribution in [0.25, 0.3) is 0 Å². The molecule has 6 nitrogen and oxygen atoms in total. The molecule has 0 spiro atoms. The molecule has 0 bridgehead atoms. The first-order chi connectivity index (χ1) is 15.1. The highest BCUT2D eigenvalue weighted by Gasteiger charge is 2.41. The van der Waals surface area contributed by atoms with E-state index in [1.165, 1.54) is 0 Å².